The largest absolute Gasteiger partial charge is 0.434 e. The summed E-state index contributed by atoms with van der Waals surface area (Å²) in [5, 5.41) is 0.883. The van der Waals surface area contributed by atoms with Crippen LogP contribution in [0, 0.1) is 6.92 Å². The highest BCUT2D eigenvalue weighted by Crippen LogP contribution is 2.26. The van der Waals surface area contributed by atoms with E-state index in [2.05, 4.69) is 9.72 Å². The van der Waals surface area contributed by atoms with Gasteiger partial charge in [-0.25, -0.2) is 4.98 Å². The van der Waals surface area contributed by atoms with Crippen LogP contribution in [-0.4, -0.2) is 40.4 Å². The van der Waals surface area contributed by atoms with E-state index in [1.165, 1.54) is 12.1 Å². The van der Waals surface area contributed by atoms with Crippen LogP contribution in [0.15, 0.2) is 52.4 Å². The molecular formula is C23H22F2N2O4S. The maximum atomic E-state index is 13.1. The number of thioether (sulfide) groups is 1. The molecule has 2 heterocycles. The van der Waals surface area contributed by atoms with Crippen LogP contribution in [0.5, 0.6) is 5.75 Å². The Balaban J connectivity index is 1.63. The number of benzene rings is 2. The van der Waals surface area contributed by atoms with Crippen LogP contribution in [0.1, 0.15) is 28.8 Å². The fourth-order valence-corrected chi connectivity index (χ4v) is 4.57. The third kappa shape index (κ3) is 4.99. The van der Waals surface area contributed by atoms with E-state index in [-0.39, 0.29) is 34.5 Å². The number of para-hydroxylation sites is 1. The number of fused-ring (bicyclic) bond motifs is 1. The van der Waals surface area contributed by atoms with Gasteiger partial charge in [0.15, 0.2) is 10.9 Å². The predicted octanol–water partition coefficient (Wildman–Crippen LogP) is 4.46. The Hall–Kier alpha value is -2.78. The second kappa shape index (κ2) is 9.79. The Morgan fingerprint density at radius 1 is 1.31 bits per heavy atom. The molecule has 0 spiro atoms. The first-order valence-electron chi connectivity index (χ1n) is 10.2. The van der Waals surface area contributed by atoms with Gasteiger partial charge in [0.25, 0.3) is 5.56 Å². The van der Waals surface area contributed by atoms with Crippen molar-refractivity contribution in [2.24, 2.45) is 0 Å². The van der Waals surface area contributed by atoms with Crippen molar-refractivity contribution in [3.63, 3.8) is 0 Å². The van der Waals surface area contributed by atoms with E-state index in [1.807, 2.05) is 0 Å². The molecule has 0 N–H and O–H groups in total. The van der Waals surface area contributed by atoms with Crippen molar-refractivity contribution in [3.05, 3.63) is 63.9 Å². The van der Waals surface area contributed by atoms with Crippen molar-refractivity contribution in [3.8, 4) is 5.75 Å². The maximum absolute atomic E-state index is 13.1. The number of ether oxygens (including phenoxy) is 2. The second-order valence-corrected chi connectivity index (χ2v) is 8.49. The van der Waals surface area contributed by atoms with Crippen LogP contribution in [0.25, 0.3) is 10.9 Å². The number of nitrogens with zero attached hydrogens (tertiary/aromatic N) is 2. The van der Waals surface area contributed by atoms with Gasteiger partial charge in [0.2, 0.25) is 0 Å². The Morgan fingerprint density at radius 3 is 2.88 bits per heavy atom. The molecule has 6 nitrogen and oxygen atoms in total. The standard InChI is InChI=1S/C23H22F2N2O4S/c1-14-8-9-20(31-22(24)25)17(11-14)19(28)13-32-23-26-18-7-3-2-6-16(18)21(29)27(23)12-15-5-4-10-30-15/h2-3,6-9,11,15,22H,4-5,10,12-13H2,1H3. The topological polar surface area (TPSA) is 70.4 Å². The molecule has 0 bridgehead atoms. The van der Waals surface area contributed by atoms with Crippen molar-refractivity contribution < 1.29 is 23.0 Å². The normalized spacial score (nSPS) is 16.1. The fraction of sp³-hybridized carbons (Fsp3) is 0.348. The number of rotatable bonds is 8. The van der Waals surface area contributed by atoms with Crippen LogP contribution in [0.2, 0.25) is 0 Å². The molecule has 0 amide bonds. The third-order valence-electron chi connectivity index (χ3n) is 5.22. The van der Waals surface area contributed by atoms with E-state index in [4.69, 9.17) is 4.74 Å². The van der Waals surface area contributed by atoms with Crippen molar-refractivity contribution in [2.75, 3.05) is 12.4 Å². The van der Waals surface area contributed by atoms with Gasteiger partial charge in [0.1, 0.15) is 5.75 Å². The van der Waals surface area contributed by atoms with Crippen LogP contribution >= 0.6 is 11.8 Å². The van der Waals surface area contributed by atoms with E-state index in [0.29, 0.717) is 29.2 Å². The van der Waals surface area contributed by atoms with Gasteiger partial charge < -0.3 is 9.47 Å². The molecule has 1 aliphatic rings. The second-order valence-electron chi connectivity index (χ2n) is 7.55. The number of hydrogen-bond acceptors (Lipinski definition) is 6. The zero-order valence-corrected chi connectivity index (χ0v) is 18.2. The number of ketones is 1. The summed E-state index contributed by atoms with van der Waals surface area (Å²) in [6, 6.07) is 11.5. The highest BCUT2D eigenvalue weighted by molar-refractivity contribution is 7.99. The summed E-state index contributed by atoms with van der Waals surface area (Å²) in [7, 11) is 0. The molecule has 4 rings (SSSR count). The molecule has 32 heavy (non-hydrogen) atoms. The number of hydrogen-bond donors (Lipinski definition) is 0. The monoisotopic (exact) mass is 460 g/mol. The minimum Gasteiger partial charge on any atom is -0.434 e. The Bertz CT molecular complexity index is 1190. The lowest BCUT2D eigenvalue weighted by Crippen LogP contribution is -2.29. The number of carbonyl (C=O) groups excluding carboxylic acids is 1. The quantitative estimate of drug-likeness (QED) is 0.281. The molecule has 1 saturated heterocycles. The van der Waals surface area contributed by atoms with Gasteiger partial charge in [-0.3, -0.25) is 14.2 Å². The van der Waals surface area contributed by atoms with Gasteiger partial charge >= 0.3 is 6.61 Å². The van der Waals surface area contributed by atoms with E-state index in [0.717, 1.165) is 30.2 Å². The predicted molar refractivity (Wildman–Crippen MR) is 118 cm³/mol. The van der Waals surface area contributed by atoms with Crippen LogP contribution in [0.4, 0.5) is 8.78 Å². The van der Waals surface area contributed by atoms with Gasteiger partial charge in [-0.2, -0.15) is 8.78 Å². The molecule has 2 aromatic carbocycles. The molecule has 1 aliphatic heterocycles. The number of alkyl halides is 2. The number of Topliss-reactive ketones (excluding diaryl/α,β-unsaturated/α-hetero) is 1. The summed E-state index contributed by atoms with van der Waals surface area (Å²) in [5.74, 6) is -0.640. The number of aryl methyl sites for hydroxylation is 1. The summed E-state index contributed by atoms with van der Waals surface area (Å²) in [6.45, 7) is -0.269. The average molecular weight is 461 g/mol. The van der Waals surface area contributed by atoms with Gasteiger partial charge in [-0.1, -0.05) is 35.5 Å². The molecule has 3 aromatic rings. The van der Waals surface area contributed by atoms with E-state index in [9.17, 15) is 18.4 Å². The summed E-state index contributed by atoms with van der Waals surface area (Å²) in [5.41, 5.74) is 1.16. The first-order chi connectivity index (χ1) is 15.4. The van der Waals surface area contributed by atoms with Crippen molar-refractivity contribution in [1.82, 2.24) is 9.55 Å². The zero-order valence-electron chi connectivity index (χ0n) is 17.4. The highest BCUT2D eigenvalue weighted by Gasteiger charge is 2.22. The summed E-state index contributed by atoms with van der Waals surface area (Å²) in [6.07, 6.45) is 1.69. The van der Waals surface area contributed by atoms with Crippen LogP contribution in [0.3, 0.4) is 0 Å². The van der Waals surface area contributed by atoms with Gasteiger partial charge in [0.05, 0.1) is 34.9 Å². The molecule has 1 atom stereocenters. The molecule has 1 fully saturated rings. The smallest absolute Gasteiger partial charge is 0.387 e. The number of halogens is 2. The minimum absolute atomic E-state index is 0.0756. The fourth-order valence-electron chi connectivity index (χ4n) is 3.68. The van der Waals surface area contributed by atoms with Crippen LogP contribution in [-0.2, 0) is 11.3 Å². The van der Waals surface area contributed by atoms with E-state index >= 15 is 0 Å². The first-order valence-corrected chi connectivity index (χ1v) is 11.2. The van der Waals surface area contributed by atoms with Crippen molar-refractivity contribution in [2.45, 2.75) is 44.2 Å². The SMILES string of the molecule is Cc1ccc(OC(F)F)c(C(=O)CSc2nc3ccccc3c(=O)n2CC2CCCO2)c1. The molecular weight excluding hydrogens is 438 g/mol. The summed E-state index contributed by atoms with van der Waals surface area (Å²) < 4.78 is 37.3. The molecule has 0 aliphatic carbocycles. The highest BCUT2D eigenvalue weighted by atomic mass is 32.2. The molecule has 0 saturated carbocycles. The Morgan fingerprint density at radius 2 is 2.12 bits per heavy atom. The maximum Gasteiger partial charge on any atom is 0.387 e. The Labute approximate surface area is 187 Å². The third-order valence-corrected chi connectivity index (χ3v) is 6.20. The molecule has 1 unspecified atom stereocenters. The summed E-state index contributed by atoms with van der Waals surface area (Å²) >= 11 is 1.10. The first kappa shape index (κ1) is 22.4. The molecule has 0 radical (unpaired) electrons. The molecule has 168 valence electrons. The lowest BCUT2D eigenvalue weighted by atomic mass is 10.1. The molecule has 9 heteroatoms. The zero-order chi connectivity index (χ0) is 22.7. The average Bonchev–Trinajstić information content (AvgIpc) is 3.28. The van der Waals surface area contributed by atoms with Gasteiger partial charge in [-0.15, -0.1) is 0 Å². The van der Waals surface area contributed by atoms with Gasteiger partial charge in [-0.05, 0) is 44.0 Å². The van der Waals surface area contributed by atoms with Gasteiger partial charge in [0, 0.05) is 6.61 Å². The van der Waals surface area contributed by atoms with Crippen LogP contribution < -0.4 is 10.3 Å². The number of carbonyl (C=O) groups is 1. The van der Waals surface area contributed by atoms with E-state index in [1.54, 1.807) is 41.8 Å². The molecule has 1 aromatic heterocycles. The Kier molecular flexibility index (Phi) is 6.86. The lowest BCUT2D eigenvalue weighted by molar-refractivity contribution is -0.0501. The van der Waals surface area contributed by atoms with Crippen molar-refractivity contribution >= 4 is 28.4 Å². The van der Waals surface area contributed by atoms with Crippen molar-refractivity contribution in [1.29, 1.82) is 0 Å². The summed E-state index contributed by atoms with van der Waals surface area (Å²) in [4.78, 5) is 30.6. The minimum atomic E-state index is -3.03. The number of aromatic nitrogens is 2. The van der Waals surface area contributed by atoms with E-state index < -0.39 is 6.61 Å². The lowest BCUT2D eigenvalue weighted by Gasteiger charge is -2.16.